The van der Waals surface area contributed by atoms with E-state index < -0.39 is 0 Å². The molecular weight excluding hydrogens is 605 g/mol. The highest BCUT2D eigenvalue weighted by atomic mass is 14.9. The maximum Gasteiger partial charge on any atom is 0.161 e. The van der Waals surface area contributed by atoms with Crippen LogP contribution in [-0.2, 0) is 0 Å². The van der Waals surface area contributed by atoms with E-state index in [1.807, 2.05) is 0 Å². The third-order valence-electron chi connectivity index (χ3n) is 10.1. The van der Waals surface area contributed by atoms with Crippen LogP contribution < -0.4 is 0 Å². The van der Waals surface area contributed by atoms with Gasteiger partial charge >= 0.3 is 0 Å². The second-order valence-corrected chi connectivity index (χ2v) is 12.9. The summed E-state index contributed by atoms with van der Waals surface area (Å²) in [6.07, 6.45) is 0. The third kappa shape index (κ3) is 4.57. The van der Waals surface area contributed by atoms with Gasteiger partial charge in [-0.25, -0.2) is 9.97 Å². The number of fused-ring (bicyclic) bond motifs is 7. The first-order valence-corrected chi connectivity index (χ1v) is 17.1. The van der Waals surface area contributed by atoms with Crippen LogP contribution in [0.4, 0.5) is 0 Å². The quantitative estimate of drug-likeness (QED) is 0.142. The van der Waals surface area contributed by atoms with Crippen LogP contribution in [-0.4, -0.2) is 9.97 Å². The van der Waals surface area contributed by atoms with Crippen molar-refractivity contribution in [1.82, 2.24) is 9.97 Å². The lowest BCUT2D eigenvalue weighted by atomic mass is 9.92. The molecule has 10 rings (SSSR count). The zero-order valence-electron chi connectivity index (χ0n) is 27.2. The molecule has 0 aliphatic rings. The highest BCUT2D eigenvalue weighted by Crippen LogP contribution is 2.42. The molecule has 9 aromatic carbocycles. The van der Waals surface area contributed by atoms with Crippen molar-refractivity contribution in [2.24, 2.45) is 0 Å². The van der Waals surface area contributed by atoms with Gasteiger partial charge in [-0.3, -0.25) is 0 Å². The molecule has 0 saturated heterocycles. The van der Waals surface area contributed by atoms with Gasteiger partial charge in [-0.05, 0) is 77.1 Å². The smallest absolute Gasteiger partial charge is 0.161 e. The van der Waals surface area contributed by atoms with Crippen LogP contribution in [0.5, 0.6) is 0 Å². The second kappa shape index (κ2) is 11.5. The molecule has 1 heterocycles. The Morgan fingerprint density at radius 2 is 0.860 bits per heavy atom. The summed E-state index contributed by atoms with van der Waals surface area (Å²) in [4.78, 5) is 11.0. The topological polar surface area (TPSA) is 25.8 Å². The van der Waals surface area contributed by atoms with Crippen molar-refractivity contribution in [2.75, 3.05) is 0 Å². The Morgan fingerprint density at radius 3 is 1.68 bits per heavy atom. The first-order valence-electron chi connectivity index (χ1n) is 17.1. The van der Waals surface area contributed by atoms with Crippen LogP contribution in [0.1, 0.15) is 0 Å². The molecule has 0 aliphatic carbocycles. The first kappa shape index (κ1) is 28.4. The molecule has 0 aliphatic heterocycles. The Morgan fingerprint density at radius 1 is 0.300 bits per heavy atom. The summed E-state index contributed by atoms with van der Waals surface area (Å²) >= 11 is 0. The van der Waals surface area contributed by atoms with Gasteiger partial charge in [0.25, 0.3) is 0 Å². The van der Waals surface area contributed by atoms with Gasteiger partial charge in [0.15, 0.2) is 5.82 Å². The normalized spacial score (nSPS) is 11.6. The van der Waals surface area contributed by atoms with Crippen molar-refractivity contribution >= 4 is 53.9 Å². The number of benzene rings is 9. The van der Waals surface area contributed by atoms with Crippen molar-refractivity contribution < 1.29 is 0 Å². The summed E-state index contributed by atoms with van der Waals surface area (Å²) < 4.78 is 0. The van der Waals surface area contributed by atoms with Gasteiger partial charge < -0.3 is 0 Å². The monoisotopic (exact) mass is 634 g/mol. The van der Waals surface area contributed by atoms with Crippen molar-refractivity contribution in [3.8, 4) is 45.0 Å². The van der Waals surface area contributed by atoms with E-state index in [2.05, 4.69) is 182 Å². The molecule has 0 radical (unpaired) electrons. The van der Waals surface area contributed by atoms with Crippen LogP contribution in [0, 0.1) is 0 Å². The summed E-state index contributed by atoms with van der Waals surface area (Å²) in [6.45, 7) is 0. The number of hydrogen-bond donors (Lipinski definition) is 0. The first-order chi connectivity index (χ1) is 24.8. The lowest BCUT2D eigenvalue weighted by molar-refractivity contribution is 1.19. The van der Waals surface area contributed by atoms with Crippen LogP contribution in [0.15, 0.2) is 182 Å². The molecule has 0 bridgehead atoms. The Balaban J connectivity index is 1.34. The van der Waals surface area contributed by atoms with E-state index in [9.17, 15) is 0 Å². The van der Waals surface area contributed by atoms with Gasteiger partial charge in [0.05, 0.1) is 11.4 Å². The van der Waals surface area contributed by atoms with Crippen LogP contribution >= 0.6 is 0 Å². The van der Waals surface area contributed by atoms with Crippen LogP contribution in [0.2, 0.25) is 0 Å². The van der Waals surface area contributed by atoms with Crippen molar-refractivity contribution in [1.29, 1.82) is 0 Å². The molecule has 0 N–H and O–H groups in total. The fourth-order valence-electron chi connectivity index (χ4n) is 7.74. The summed E-state index contributed by atoms with van der Waals surface area (Å²) in [5.41, 5.74) is 7.30. The van der Waals surface area contributed by atoms with Crippen molar-refractivity contribution in [3.63, 3.8) is 0 Å². The van der Waals surface area contributed by atoms with Gasteiger partial charge in [-0.15, -0.1) is 0 Å². The van der Waals surface area contributed by atoms with Crippen molar-refractivity contribution in [3.05, 3.63) is 182 Å². The highest BCUT2D eigenvalue weighted by molar-refractivity contribution is 6.20. The molecule has 2 heteroatoms. The number of aromatic nitrogens is 2. The van der Waals surface area contributed by atoms with Crippen LogP contribution in [0.25, 0.3) is 98.9 Å². The minimum atomic E-state index is 0.717. The fraction of sp³-hybridized carbons (Fsp3) is 0. The maximum atomic E-state index is 5.53. The summed E-state index contributed by atoms with van der Waals surface area (Å²) in [5, 5.41) is 11.9. The second-order valence-electron chi connectivity index (χ2n) is 12.9. The van der Waals surface area contributed by atoms with Crippen LogP contribution in [0.3, 0.4) is 0 Å². The summed E-state index contributed by atoms with van der Waals surface area (Å²) in [7, 11) is 0. The number of hydrogen-bond acceptors (Lipinski definition) is 2. The zero-order chi connectivity index (χ0) is 33.0. The molecule has 10 aromatic rings. The van der Waals surface area contributed by atoms with Gasteiger partial charge in [-0.1, -0.05) is 170 Å². The van der Waals surface area contributed by atoms with E-state index in [0.29, 0.717) is 0 Å². The fourth-order valence-corrected chi connectivity index (χ4v) is 7.74. The average Bonchev–Trinajstić information content (AvgIpc) is 3.19. The predicted molar refractivity (Wildman–Crippen MR) is 211 cm³/mol. The van der Waals surface area contributed by atoms with E-state index in [1.165, 1.54) is 43.1 Å². The Labute approximate surface area is 290 Å². The standard InChI is InChI=1S/C48H30N2/c1-2-13-31(14-3-1)36-19-10-11-23-40(36)44-30-45(42-24-12-18-34-26-25-33-16-5-8-21-38(33)46(34)42)50-48(49-44)47-39-22-9-6-17-35(39)29-43-37-20-7-4-15-32(37)27-28-41(43)47/h1-30H. The minimum Gasteiger partial charge on any atom is -0.228 e. The van der Waals surface area contributed by atoms with E-state index in [0.717, 1.165) is 55.8 Å². The molecule has 0 amide bonds. The van der Waals surface area contributed by atoms with E-state index in [4.69, 9.17) is 9.97 Å². The number of nitrogens with zero attached hydrogens (tertiary/aromatic N) is 2. The Bertz CT molecular complexity index is 2920. The lowest BCUT2D eigenvalue weighted by Gasteiger charge is -2.17. The zero-order valence-corrected chi connectivity index (χ0v) is 27.2. The van der Waals surface area contributed by atoms with E-state index in [-0.39, 0.29) is 0 Å². The maximum absolute atomic E-state index is 5.53. The van der Waals surface area contributed by atoms with Gasteiger partial charge in [-0.2, -0.15) is 0 Å². The van der Waals surface area contributed by atoms with E-state index >= 15 is 0 Å². The Hall–Kier alpha value is -6.64. The highest BCUT2D eigenvalue weighted by Gasteiger charge is 2.20. The van der Waals surface area contributed by atoms with Gasteiger partial charge in [0.2, 0.25) is 0 Å². The molecule has 0 unspecified atom stereocenters. The van der Waals surface area contributed by atoms with Crippen molar-refractivity contribution in [2.45, 2.75) is 0 Å². The molecular formula is C48H30N2. The van der Waals surface area contributed by atoms with E-state index in [1.54, 1.807) is 0 Å². The number of rotatable bonds is 4. The minimum absolute atomic E-state index is 0.717. The molecule has 0 fully saturated rings. The molecule has 2 nitrogen and oxygen atoms in total. The molecule has 50 heavy (non-hydrogen) atoms. The largest absolute Gasteiger partial charge is 0.228 e. The third-order valence-corrected chi connectivity index (χ3v) is 10.1. The Kier molecular flexibility index (Phi) is 6.53. The predicted octanol–water partition coefficient (Wildman–Crippen LogP) is 12.9. The van der Waals surface area contributed by atoms with Gasteiger partial charge in [0, 0.05) is 16.7 Å². The van der Waals surface area contributed by atoms with Gasteiger partial charge in [0.1, 0.15) is 0 Å². The molecule has 1 aromatic heterocycles. The lowest BCUT2D eigenvalue weighted by Crippen LogP contribution is -1.99. The molecule has 232 valence electrons. The average molecular weight is 635 g/mol. The molecule has 0 saturated carbocycles. The molecule has 0 spiro atoms. The molecule has 0 atom stereocenters. The SMILES string of the molecule is c1ccc(-c2ccccc2-c2cc(-c3cccc4ccc5ccccc5c34)nc(-c3c4ccccc4cc4c3ccc3ccccc34)n2)cc1. The summed E-state index contributed by atoms with van der Waals surface area (Å²) in [6, 6.07) is 65.0. The summed E-state index contributed by atoms with van der Waals surface area (Å²) in [5.74, 6) is 0.717.